The Morgan fingerprint density at radius 2 is 1.40 bits per heavy atom. The van der Waals surface area contributed by atoms with Crippen LogP contribution in [0.25, 0.3) is 0 Å². The first-order chi connectivity index (χ1) is 12.3. The summed E-state index contributed by atoms with van der Waals surface area (Å²) in [6.45, 7) is 2.24. The fraction of sp³-hybridized carbons (Fsp3) is 0.565. The van der Waals surface area contributed by atoms with Crippen LogP contribution in [-0.4, -0.2) is 10.2 Å². The molecule has 0 bridgehead atoms. The van der Waals surface area contributed by atoms with Crippen molar-refractivity contribution in [1.82, 2.24) is 0 Å². The molecule has 0 atom stereocenters. The quantitative estimate of drug-likeness (QED) is 0.215. The lowest BCUT2D eigenvalue weighted by Crippen LogP contribution is -1.87. The molecule has 25 heavy (non-hydrogen) atoms. The number of rotatable bonds is 14. The van der Waals surface area contributed by atoms with Gasteiger partial charge in [0.2, 0.25) is 0 Å². The van der Waals surface area contributed by atoms with Crippen LogP contribution >= 0.6 is 0 Å². The van der Waals surface area contributed by atoms with Crippen molar-refractivity contribution in [2.45, 2.75) is 84.0 Å². The van der Waals surface area contributed by atoms with E-state index in [1.165, 1.54) is 63.9 Å². The molecule has 0 aliphatic heterocycles. The predicted octanol–water partition coefficient (Wildman–Crippen LogP) is 7.06. The molecule has 1 aromatic rings. The van der Waals surface area contributed by atoms with Crippen molar-refractivity contribution >= 4 is 0 Å². The van der Waals surface area contributed by atoms with Crippen LogP contribution in [0.2, 0.25) is 0 Å². The number of hydrogen-bond acceptors (Lipinski definition) is 2. The van der Waals surface area contributed by atoms with E-state index >= 15 is 0 Å². The average Bonchev–Trinajstić information content (AvgIpc) is 2.61. The third kappa shape index (κ3) is 10.7. The van der Waals surface area contributed by atoms with Crippen molar-refractivity contribution in [3.63, 3.8) is 0 Å². The maximum Gasteiger partial charge on any atom is 0.160 e. The van der Waals surface area contributed by atoms with Gasteiger partial charge in [-0.25, -0.2) is 0 Å². The molecule has 0 radical (unpaired) electrons. The summed E-state index contributed by atoms with van der Waals surface area (Å²) in [6, 6.07) is 5.20. The van der Waals surface area contributed by atoms with E-state index in [0.29, 0.717) is 0 Å². The molecule has 1 aromatic carbocycles. The highest BCUT2D eigenvalue weighted by molar-refractivity contribution is 5.44. The van der Waals surface area contributed by atoms with Crippen LogP contribution in [0.4, 0.5) is 0 Å². The molecule has 0 aromatic heterocycles. The van der Waals surface area contributed by atoms with Crippen molar-refractivity contribution in [3.05, 3.63) is 48.1 Å². The first kappa shape index (κ1) is 21.3. The number of para-hydroxylation sites is 1. The standard InChI is InChI=1S/C23H36O2/c1-2-3-4-5-6-7-8-9-10-11-12-13-14-15-16-18-21-19-17-20-22(24)23(21)25/h6-7,9-10,17,19-20,24-25H,2-5,8,11-16,18H2,1H3/b7-6-,10-9-. The molecule has 1 rings (SSSR count). The Hall–Kier alpha value is -1.70. The second-order valence-electron chi connectivity index (χ2n) is 6.77. The molecule has 0 unspecified atom stereocenters. The maximum absolute atomic E-state index is 9.75. The molecule has 140 valence electrons. The van der Waals surface area contributed by atoms with E-state index < -0.39 is 0 Å². The van der Waals surface area contributed by atoms with E-state index in [0.717, 1.165) is 24.8 Å². The Bertz CT molecular complexity index is 503. The van der Waals surface area contributed by atoms with Crippen LogP contribution in [0, 0.1) is 0 Å². The Labute approximate surface area is 154 Å². The summed E-state index contributed by atoms with van der Waals surface area (Å²) >= 11 is 0. The molecule has 0 fully saturated rings. The number of phenols is 2. The smallest absolute Gasteiger partial charge is 0.160 e. The summed E-state index contributed by atoms with van der Waals surface area (Å²) in [5, 5.41) is 19.2. The van der Waals surface area contributed by atoms with Crippen molar-refractivity contribution in [3.8, 4) is 11.5 Å². The molecular formula is C23H36O2. The van der Waals surface area contributed by atoms with E-state index in [-0.39, 0.29) is 11.5 Å². The second kappa shape index (κ2) is 14.6. The van der Waals surface area contributed by atoms with Crippen molar-refractivity contribution in [1.29, 1.82) is 0 Å². The molecule has 0 saturated carbocycles. The lowest BCUT2D eigenvalue weighted by molar-refractivity contribution is 0.398. The highest BCUT2D eigenvalue weighted by Crippen LogP contribution is 2.29. The van der Waals surface area contributed by atoms with Crippen LogP contribution in [0.15, 0.2) is 42.5 Å². The molecule has 2 N–H and O–H groups in total. The van der Waals surface area contributed by atoms with E-state index in [1.54, 1.807) is 6.07 Å². The van der Waals surface area contributed by atoms with Crippen LogP contribution in [0.1, 0.15) is 83.1 Å². The highest BCUT2D eigenvalue weighted by atomic mass is 16.3. The molecule has 2 nitrogen and oxygen atoms in total. The van der Waals surface area contributed by atoms with Gasteiger partial charge in [-0.1, -0.05) is 75.5 Å². The molecule has 0 amide bonds. The number of unbranched alkanes of at least 4 members (excludes halogenated alkanes) is 8. The number of aryl methyl sites for hydroxylation is 1. The zero-order chi connectivity index (χ0) is 18.2. The van der Waals surface area contributed by atoms with Gasteiger partial charge in [0.05, 0.1) is 0 Å². The van der Waals surface area contributed by atoms with E-state index in [4.69, 9.17) is 0 Å². The Kier molecular flexibility index (Phi) is 12.5. The van der Waals surface area contributed by atoms with Gasteiger partial charge >= 0.3 is 0 Å². The third-order valence-electron chi connectivity index (χ3n) is 4.50. The fourth-order valence-corrected chi connectivity index (χ4v) is 2.91. The van der Waals surface area contributed by atoms with Gasteiger partial charge in [0.25, 0.3) is 0 Å². The minimum Gasteiger partial charge on any atom is -0.504 e. The zero-order valence-electron chi connectivity index (χ0n) is 15.9. The van der Waals surface area contributed by atoms with Gasteiger partial charge in [0, 0.05) is 0 Å². The molecule has 0 aliphatic rings. The van der Waals surface area contributed by atoms with Gasteiger partial charge in [0.1, 0.15) is 0 Å². The van der Waals surface area contributed by atoms with Crippen molar-refractivity contribution < 1.29 is 10.2 Å². The minimum atomic E-state index is -0.0138. The van der Waals surface area contributed by atoms with Crippen LogP contribution in [-0.2, 0) is 6.42 Å². The highest BCUT2D eigenvalue weighted by Gasteiger charge is 2.04. The first-order valence-corrected chi connectivity index (χ1v) is 10.1. The molecule has 0 spiro atoms. The zero-order valence-corrected chi connectivity index (χ0v) is 15.9. The summed E-state index contributed by atoms with van der Waals surface area (Å²) in [5.41, 5.74) is 0.852. The van der Waals surface area contributed by atoms with Gasteiger partial charge < -0.3 is 10.2 Å². The number of allylic oxidation sites excluding steroid dienone is 4. The minimum absolute atomic E-state index is 0.0138. The average molecular weight is 345 g/mol. The Balaban J connectivity index is 1.93. The van der Waals surface area contributed by atoms with E-state index in [1.807, 2.05) is 6.07 Å². The number of hydrogen-bond donors (Lipinski definition) is 2. The third-order valence-corrected chi connectivity index (χ3v) is 4.50. The predicted molar refractivity (Wildman–Crippen MR) is 108 cm³/mol. The maximum atomic E-state index is 9.75. The molecular weight excluding hydrogens is 308 g/mol. The lowest BCUT2D eigenvalue weighted by atomic mass is 10.0. The number of phenolic OH excluding ortho intramolecular Hbond substituents is 2. The first-order valence-electron chi connectivity index (χ1n) is 10.1. The number of benzene rings is 1. The topological polar surface area (TPSA) is 40.5 Å². The van der Waals surface area contributed by atoms with Gasteiger partial charge in [-0.2, -0.15) is 0 Å². The van der Waals surface area contributed by atoms with Crippen molar-refractivity contribution in [2.75, 3.05) is 0 Å². The van der Waals surface area contributed by atoms with E-state index in [2.05, 4.69) is 31.2 Å². The summed E-state index contributed by atoms with van der Waals surface area (Å²) in [4.78, 5) is 0. The molecule has 0 heterocycles. The summed E-state index contributed by atoms with van der Waals surface area (Å²) < 4.78 is 0. The Morgan fingerprint density at radius 1 is 0.760 bits per heavy atom. The van der Waals surface area contributed by atoms with Gasteiger partial charge in [0.15, 0.2) is 11.5 Å². The summed E-state index contributed by atoms with van der Waals surface area (Å²) in [5.74, 6) is 0.0344. The van der Waals surface area contributed by atoms with E-state index in [9.17, 15) is 10.2 Å². The van der Waals surface area contributed by atoms with Crippen molar-refractivity contribution in [2.24, 2.45) is 0 Å². The summed E-state index contributed by atoms with van der Waals surface area (Å²) in [6.07, 6.45) is 23.5. The second-order valence-corrected chi connectivity index (χ2v) is 6.77. The Morgan fingerprint density at radius 3 is 2.12 bits per heavy atom. The van der Waals surface area contributed by atoms with Crippen LogP contribution in [0.3, 0.4) is 0 Å². The van der Waals surface area contributed by atoms with Crippen LogP contribution in [0.5, 0.6) is 11.5 Å². The lowest BCUT2D eigenvalue weighted by Gasteiger charge is -2.05. The van der Waals surface area contributed by atoms with Gasteiger partial charge in [-0.3, -0.25) is 0 Å². The molecule has 0 aliphatic carbocycles. The molecule has 0 saturated heterocycles. The SMILES string of the molecule is CCCCC/C=C\C/C=C\CCCCCCCc1cccc(O)c1O. The van der Waals surface area contributed by atoms with Gasteiger partial charge in [-0.05, 0) is 56.6 Å². The normalized spacial score (nSPS) is 11.7. The molecule has 2 heteroatoms. The number of aromatic hydroxyl groups is 2. The van der Waals surface area contributed by atoms with Crippen LogP contribution < -0.4 is 0 Å². The fourth-order valence-electron chi connectivity index (χ4n) is 2.91. The largest absolute Gasteiger partial charge is 0.504 e. The monoisotopic (exact) mass is 344 g/mol. The van der Waals surface area contributed by atoms with Gasteiger partial charge in [-0.15, -0.1) is 0 Å². The summed E-state index contributed by atoms with van der Waals surface area (Å²) in [7, 11) is 0.